The first-order valence-electron chi connectivity index (χ1n) is 21.3. The van der Waals surface area contributed by atoms with Crippen molar-refractivity contribution in [2.75, 3.05) is 43.1 Å². The molecule has 4 amide bonds. The molecular formula is C45H54ClF3N8O6Si. The first-order valence-corrected chi connectivity index (χ1v) is 25.1. The van der Waals surface area contributed by atoms with Crippen LogP contribution in [-0.2, 0) is 14.3 Å². The van der Waals surface area contributed by atoms with E-state index in [2.05, 4.69) is 57.2 Å². The van der Waals surface area contributed by atoms with Gasteiger partial charge in [0.2, 0.25) is 11.8 Å². The number of imidazole rings is 1. The van der Waals surface area contributed by atoms with Gasteiger partial charge in [0.1, 0.15) is 23.4 Å². The van der Waals surface area contributed by atoms with Crippen molar-refractivity contribution in [3.8, 4) is 28.1 Å². The van der Waals surface area contributed by atoms with Crippen molar-refractivity contribution in [1.29, 1.82) is 0 Å². The number of aromatic amines is 1. The highest BCUT2D eigenvalue weighted by atomic mass is 35.5. The van der Waals surface area contributed by atoms with Gasteiger partial charge in [-0.2, -0.15) is 0 Å². The van der Waals surface area contributed by atoms with Gasteiger partial charge in [-0.1, -0.05) is 76.7 Å². The summed E-state index contributed by atoms with van der Waals surface area (Å²) in [5, 5.41) is 5.25. The molecule has 64 heavy (non-hydrogen) atoms. The SMILES string of the molecule is COC(=O)N[C@H](C(=O)N1C[Si](C)(C)C[C@H]1c1nc(-c2ccc(-c3cc(Cl)c(NC(=O)c4ccc(N5CCN(C(=O)C6CC6(C)C)C[C@H]5C)nc4)cc3OC(F)(F)F)cc2)c[nH]1)C(C)C. The highest BCUT2D eigenvalue weighted by molar-refractivity contribution is 6.78. The van der Waals surface area contributed by atoms with E-state index in [0.717, 1.165) is 18.5 Å². The molecule has 2 aromatic heterocycles. The molecular weight excluding hydrogens is 869 g/mol. The minimum Gasteiger partial charge on any atom is -0.453 e. The van der Waals surface area contributed by atoms with Crippen LogP contribution in [-0.4, -0.2) is 108 Å². The van der Waals surface area contributed by atoms with Gasteiger partial charge in [-0.05, 0) is 54.5 Å². The summed E-state index contributed by atoms with van der Waals surface area (Å²) < 4.78 is 50.7. The number of methoxy groups -OCH3 is 1. The largest absolute Gasteiger partial charge is 0.573 e. The number of alkyl halides is 3. The number of ether oxygens (including phenoxy) is 2. The number of hydrogen-bond acceptors (Lipinski definition) is 9. The fourth-order valence-corrected chi connectivity index (χ4v) is 11.8. The summed E-state index contributed by atoms with van der Waals surface area (Å²) in [5.74, 6) is -0.169. The third kappa shape index (κ3) is 10.2. The molecule has 4 aromatic rings. The van der Waals surface area contributed by atoms with E-state index in [0.29, 0.717) is 54.3 Å². The van der Waals surface area contributed by atoms with E-state index in [4.69, 9.17) is 21.3 Å². The Bertz CT molecular complexity index is 2410. The summed E-state index contributed by atoms with van der Waals surface area (Å²) in [5.41, 5.74) is 1.71. The van der Waals surface area contributed by atoms with Crippen LogP contribution in [0.15, 0.2) is 60.9 Å². The van der Waals surface area contributed by atoms with Crippen LogP contribution in [0.1, 0.15) is 63.3 Å². The molecule has 1 saturated carbocycles. The number of carbonyl (C=O) groups excluding carboxylic acids is 4. The molecule has 1 aliphatic carbocycles. The van der Waals surface area contributed by atoms with E-state index >= 15 is 0 Å². The third-order valence-electron chi connectivity index (χ3n) is 12.4. The number of aromatic nitrogens is 3. The Morgan fingerprint density at radius 1 is 1.03 bits per heavy atom. The average Bonchev–Trinajstić information content (AvgIpc) is 3.50. The number of rotatable bonds is 11. The molecule has 0 spiro atoms. The maximum absolute atomic E-state index is 13.9. The number of anilines is 2. The van der Waals surface area contributed by atoms with E-state index in [9.17, 15) is 32.3 Å². The van der Waals surface area contributed by atoms with E-state index < -0.39 is 38.2 Å². The van der Waals surface area contributed by atoms with Crippen LogP contribution in [0.4, 0.5) is 29.5 Å². The fraction of sp³-hybridized carbons (Fsp3) is 0.467. The number of H-pyrrole nitrogens is 1. The molecule has 2 aromatic carbocycles. The Kier molecular flexibility index (Phi) is 12.9. The Labute approximate surface area is 376 Å². The molecule has 3 aliphatic rings. The molecule has 2 aliphatic heterocycles. The Balaban J connectivity index is 1.05. The predicted octanol–water partition coefficient (Wildman–Crippen LogP) is 8.54. The van der Waals surface area contributed by atoms with Gasteiger partial charge >= 0.3 is 12.5 Å². The third-order valence-corrected chi connectivity index (χ3v) is 15.4. The lowest BCUT2D eigenvalue weighted by Gasteiger charge is -2.40. The van der Waals surface area contributed by atoms with Crippen LogP contribution in [0.3, 0.4) is 0 Å². The van der Waals surface area contributed by atoms with Crippen LogP contribution >= 0.6 is 11.6 Å². The number of hydrogen-bond donors (Lipinski definition) is 3. The van der Waals surface area contributed by atoms with Crippen LogP contribution in [0.2, 0.25) is 24.2 Å². The van der Waals surface area contributed by atoms with Gasteiger partial charge in [-0.3, -0.25) is 14.4 Å². The highest BCUT2D eigenvalue weighted by Crippen LogP contribution is 2.52. The number of halogens is 4. The number of nitrogens with zero attached hydrogens (tertiary/aromatic N) is 5. The zero-order chi connectivity index (χ0) is 46.5. The van der Waals surface area contributed by atoms with Crippen molar-refractivity contribution in [3.63, 3.8) is 0 Å². The van der Waals surface area contributed by atoms with Crippen molar-refractivity contribution in [2.45, 2.75) is 84.7 Å². The molecule has 342 valence electrons. The Morgan fingerprint density at radius 2 is 1.72 bits per heavy atom. The van der Waals surface area contributed by atoms with Crippen molar-refractivity contribution >= 4 is 55.0 Å². The second kappa shape index (κ2) is 17.7. The quantitative estimate of drug-likeness (QED) is 0.125. The van der Waals surface area contributed by atoms with Crippen LogP contribution in [0, 0.1) is 17.3 Å². The number of amides is 4. The maximum Gasteiger partial charge on any atom is 0.573 e. The van der Waals surface area contributed by atoms with Crippen molar-refractivity contribution in [3.05, 3.63) is 77.3 Å². The summed E-state index contributed by atoms with van der Waals surface area (Å²) >= 11 is 6.62. The van der Waals surface area contributed by atoms with Crippen molar-refractivity contribution in [2.24, 2.45) is 17.3 Å². The molecule has 0 radical (unpaired) electrons. The van der Waals surface area contributed by atoms with Gasteiger partial charge in [-0.15, -0.1) is 13.2 Å². The summed E-state index contributed by atoms with van der Waals surface area (Å²) in [6.45, 7) is 16.0. The van der Waals surface area contributed by atoms with E-state index in [1.807, 2.05) is 25.7 Å². The van der Waals surface area contributed by atoms with Gasteiger partial charge in [0.05, 0.1) is 43.2 Å². The number of pyridine rings is 1. The van der Waals surface area contributed by atoms with Gasteiger partial charge < -0.3 is 39.8 Å². The number of carbonyl (C=O) groups is 4. The van der Waals surface area contributed by atoms with Crippen molar-refractivity contribution < 1.29 is 41.8 Å². The maximum atomic E-state index is 13.9. The topological polar surface area (TPSA) is 162 Å². The lowest BCUT2D eigenvalue weighted by atomic mass is 10.0. The number of nitrogens with one attached hydrogen (secondary N) is 3. The minimum absolute atomic E-state index is 0.00553. The van der Waals surface area contributed by atoms with Gasteiger partial charge in [-0.25, -0.2) is 14.8 Å². The number of piperazine rings is 1. The number of alkyl carbamates (subject to hydrolysis) is 1. The standard InChI is InChI=1S/C45H54ClF3N8O6Si/c1-25(2)38(54-43(61)62-6)42(60)57-24-64(7,8)23-35(57)39-51-21-34(52-39)28-11-9-27(10-12-28)30-17-32(46)33(18-36(30)63-45(47,48)49)53-40(58)29-13-14-37(50-20-29)56-16-15-55(22-26(56)3)41(59)31-19-44(31,4)5/h9-14,17-18,20-21,25-26,31,35,38H,15-16,19,22-24H2,1-8H3,(H,51,52)(H,53,58)(H,54,61)/t26-,31?,35+,38+/m1/s1. The second-order valence-corrected chi connectivity index (χ2v) is 24.2. The zero-order valence-electron chi connectivity index (χ0n) is 37.1. The predicted molar refractivity (Wildman–Crippen MR) is 240 cm³/mol. The molecule has 2 saturated heterocycles. The first-order chi connectivity index (χ1) is 30.0. The molecule has 4 heterocycles. The van der Waals surface area contributed by atoms with Gasteiger partial charge in [0.25, 0.3) is 5.91 Å². The summed E-state index contributed by atoms with van der Waals surface area (Å²) in [4.78, 5) is 70.7. The van der Waals surface area contributed by atoms with Crippen LogP contribution < -0.4 is 20.3 Å². The minimum atomic E-state index is -5.06. The normalized spacial score (nSPS) is 20.8. The second-order valence-electron chi connectivity index (χ2n) is 18.8. The molecule has 14 nitrogen and oxygen atoms in total. The van der Waals surface area contributed by atoms with E-state index in [1.54, 1.807) is 47.5 Å². The Hall–Kier alpha value is -5.62. The molecule has 3 fully saturated rings. The van der Waals surface area contributed by atoms with Crippen LogP contribution in [0.25, 0.3) is 22.4 Å². The average molecular weight is 924 g/mol. The van der Waals surface area contributed by atoms with Gasteiger partial charge in [0.15, 0.2) is 0 Å². The fourth-order valence-electron chi connectivity index (χ4n) is 8.68. The van der Waals surface area contributed by atoms with E-state index in [-0.39, 0.29) is 63.0 Å². The van der Waals surface area contributed by atoms with E-state index in [1.165, 1.54) is 19.4 Å². The lowest BCUT2D eigenvalue weighted by Crippen LogP contribution is -2.54. The van der Waals surface area contributed by atoms with Crippen molar-refractivity contribution in [1.82, 2.24) is 30.1 Å². The molecule has 3 N–H and O–H groups in total. The molecule has 19 heteroatoms. The summed E-state index contributed by atoms with van der Waals surface area (Å²) in [7, 11) is -0.625. The molecule has 0 bridgehead atoms. The summed E-state index contributed by atoms with van der Waals surface area (Å²) in [6.07, 6.45) is -1.17. The monoisotopic (exact) mass is 922 g/mol. The van der Waals surface area contributed by atoms with Gasteiger partial charge in [0, 0.05) is 67.3 Å². The van der Waals surface area contributed by atoms with Crippen LogP contribution in [0.5, 0.6) is 5.75 Å². The molecule has 4 atom stereocenters. The highest BCUT2D eigenvalue weighted by Gasteiger charge is 2.52. The lowest BCUT2D eigenvalue weighted by molar-refractivity contribution is -0.274. The first kappa shape index (κ1) is 46.4. The molecule has 7 rings (SSSR count). The smallest absolute Gasteiger partial charge is 0.453 e. The Morgan fingerprint density at radius 3 is 2.31 bits per heavy atom. The molecule has 1 unspecified atom stereocenters. The summed E-state index contributed by atoms with van der Waals surface area (Å²) in [6, 6.07) is 11.8. The number of benzene rings is 2. The zero-order valence-corrected chi connectivity index (χ0v) is 38.9.